The predicted molar refractivity (Wildman–Crippen MR) is 77.8 cm³/mol. The highest BCUT2D eigenvalue weighted by Gasteiger charge is 2.39. The lowest BCUT2D eigenvalue weighted by atomic mass is 9.76. The highest BCUT2D eigenvalue weighted by Crippen LogP contribution is 2.35. The van der Waals surface area contributed by atoms with Crippen LogP contribution in [0.15, 0.2) is 0 Å². The molecule has 0 aliphatic carbocycles. The summed E-state index contributed by atoms with van der Waals surface area (Å²) >= 11 is 0. The molecule has 0 N–H and O–H groups in total. The summed E-state index contributed by atoms with van der Waals surface area (Å²) < 4.78 is 17.2. The maximum atomic E-state index is 6.04. The molecule has 108 valence electrons. The van der Waals surface area contributed by atoms with Crippen LogP contribution >= 0.6 is 0 Å². The molecule has 0 aromatic heterocycles. The largest absolute Gasteiger partial charge is 0.422 e. The fourth-order valence-corrected chi connectivity index (χ4v) is 3.89. The molecule has 0 aromatic rings. The number of ether oxygens (including phenoxy) is 2. The van der Waals surface area contributed by atoms with Gasteiger partial charge in [-0.3, -0.25) is 0 Å². The molecule has 1 fully saturated rings. The van der Waals surface area contributed by atoms with Crippen molar-refractivity contribution in [3.8, 4) is 0 Å². The molecule has 2 atom stereocenters. The molecule has 2 unspecified atom stereocenters. The van der Waals surface area contributed by atoms with Crippen molar-refractivity contribution < 1.29 is 13.9 Å². The van der Waals surface area contributed by atoms with E-state index < -0.39 is 0 Å². The maximum Gasteiger partial charge on any atom is 0.146 e. The Hall–Kier alpha value is 0.0969. The molecule has 1 aliphatic rings. The Balaban J connectivity index is 2.60. The molecule has 1 saturated heterocycles. The van der Waals surface area contributed by atoms with Gasteiger partial charge in [0.25, 0.3) is 0 Å². The number of hydrogen-bond donors (Lipinski definition) is 0. The monoisotopic (exact) mass is 274 g/mol. The molecule has 1 aliphatic heterocycles. The van der Waals surface area contributed by atoms with Crippen LogP contribution in [0.4, 0.5) is 0 Å². The highest BCUT2D eigenvalue weighted by atomic mass is 28.2. The Morgan fingerprint density at radius 1 is 1.28 bits per heavy atom. The Labute approximate surface area is 115 Å². The molecular weight excluding hydrogens is 244 g/mol. The zero-order valence-electron chi connectivity index (χ0n) is 12.9. The summed E-state index contributed by atoms with van der Waals surface area (Å²) in [5.74, 6) is 1.04. The first-order valence-electron chi connectivity index (χ1n) is 7.24. The second kappa shape index (κ2) is 7.03. The van der Waals surface area contributed by atoms with Crippen molar-refractivity contribution in [2.45, 2.75) is 65.3 Å². The first-order chi connectivity index (χ1) is 8.46. The van der Waals surface area contributed by atoms with E-state index in [1.807, 2.05) is 0 Å². The van der Waals surface area contributed by atoms with Crippen LogP contribution in [-0.4, -0.2) is 41.5 Å². The van der Waals surface area contributed by atoms with Crippen molar-refractivity contribution in [2.24, 2.45) is 11.8 Å². The lowest BCUT2D eigenvalue weighted by molar-refractivity contribution is -0.0747. The molecule has 0 aromatic carbocycles. The van der Waals surface area contributed by atoms with Gasteiger partial charge in [-0.25, -0.2) is 0 Å². The predicted octanol–water partition coefficient (Wildman–Crippen LogP) is 1.92. The Kier molecular flexibility index (Phi) is 6.31. The van der Waals surface area contributed by atoms with Gasteiger partial charge in [-0.1, -0.05) is 34.6 Å². The summed E-state index contributed by atoms with van der Waals surface area (Å²) in [5.41, 5.74) is -0.0304. The quantitative estimate of drug-likeness (QED) is 0.475. The molecule has 0 saturated carbocycles. The lowest BCUT2D eigenvalue weighted by Gasteiger charge is -2.43. The van der Waals surface area contributed by atoms with Crippen LogP contribution in [0.5, 0.6) is 0 Å². The van der Waals surface area contributed by atoms with E-state index in [0.717, 1.165) is 36.5 Å². The van der Waals surface area contributed by atoms with E-state index in [1.54, 1.807) is 0 Å². The summed E-state index contributed by atoms with van der Waals surface area (Å²) in [6.45, 7) is 12.8. The van der Waals surface area contributed by atoms with Gasteiger partial charge >= 0.3 is 0 Å². The number of epoxide rings is 1. The second-order valence-electron chi connectivity index (χ2n) is 5.99. The normalized spacial score (nSPS) is 21.8. The van der Waals surface area contributed by atoms with E-state index in [1.165, 1.54) is 0 Å². The summed E-state index contributed by atoms with van der Waals surface area (Å²) in [6, 6.07) is 0. The fourth-order valence-electron chi connectivity index (χ4n) is 2.78. The van der Waals surface area contributed by atoms with E-state index in [9.17, 15) is 0 Å². The van der Waals surface area contributed by atoms with Crippen molar-refractivity contribution in [2.75, 3.05) is 13.2 Å². The van der Waals surface area contributed by atoms with Crippen LogP contribution in [0, 0.1) is 11.8 Å². The smallest absolute Gasteiger partial charge is 0.146 e. The molecule has 18 heavy (non-hydrogen) atoms. The zero-order chi connectivity index (χ0) is 13.8. The van der Waals surface area contributed by atoms with Gasteiger partial charge in [0.2, 0.25) is 0 Å². The summed E-state index contributed by atoms with van der Waals surface area (Å²) in [4.78, 5) is 0. The Morgan fingerprint density at radius 2 is 1.83 bits per heavy atom. The average Bonchev–Trinajstić information content (AvgIpc) is 3.13. The molecule has 1 rings (SSSR count). The maximum absolute atomic E-state index is 6.04. The van der Waals surface area contributed by atoms with Gasteiger partial charge in [0, 0.05) is 6.42 Å². The fraction of sp³-hybridized carbons (Fsp3) is 1.00. The topological polar surface area (TPSA) is 31.0 Å². The van der Waals surface area contributed by atoms with Gasteiger partial charge in [-0.2, -0.15) is 0 Å². The van der Waals surface area contributed by atoms with Crippen LogP contribution in [0.2, 0.25) is 0 Å². The van der Waals surface area contributed by atoms with Gasteiger partial charge in [0.15, 0.2) is 0 Å². The summed E-state index contributed by atoms with van der Waals surface area (Å²) in [7, 11) is 0.783. The third-order valence-electron chi connectivity index (χ3n) is 4.26. The third kappa shape index (κ3) is 4.05. The minimum atomic E-state index is -0.0304. The highest BCUT2D eigenvalue weighted by molar-refractivity contribution is 5.98. The molecule has 0 radical (unpaired) electrons. The SMILES string of the molecule is CCC(CC(O[SiH3])(C(C)C)C(C)C)OCC1CO1. The third-order valence-corrected chi connectivity index (χ3v) is 5.02. The number of hydrogen-bond acceptors (Lipinski definition) is 3. The lowest BCUT2D eigenvalue weighted by Crippen LogP contribution is -2.46. The second-order valence-corrected chi connectivity index (χ2v) is 6.40. The molecule has 4 heteroatoms. The Bertz CT molecular complexity index is 231. The molecule has 0 spiro atoms. The van der Waals surface area contributed by atoms with Crippen molar-refractivity contribution in [3.05, 3.63) is 0 Å². The Morgan fingerprint density at radius 3 is 2.17 bits per heavy atom. The van der Waals surface area contributed by atoms with Gasteiger partial charge in [0.1, 0.15) is 16.6 Å². The summed E-state index contributed by atoms with van der Waals surface area (Å²) in [6.07, 6.45) is 2.67. The van der Waals surface area contributed by atoms with Crippen LogP contribution < -0.4 is 0 Å². The molecule has 1 heterocycles. The van der Waals surface area contributed by atoms with E-state index in [0.29, 0.717) is 17.9 Å². The standard InChI is InChI=1S/C14H30O3Si/c1-6-12(15-8-13-9-16-13)7-14(17-18,10(2)3)11(4)5/h10-13H,6-9H2,1-5,18H3. The first-order valence-corrected chi connectivity index (χ1v) is 8.06. The molecule has 0 amide bonds. The molecule has 3 nitrogen and oxygen atoms in total. The average molecular weight is 274 g/mol. The number of rotatable bonds is 9. The minimum absolute atomic E-state index is 0.0304. The molecular formula is C14H30O3Si. The minimum Gasteiger partial charge on any atom is -0.422 e. The van der Waals surface area contributed by atoms with Gasteiger partial charge in [-0.05, 0) is 18.3 Å². The summed E-state index contributed by atoms with van der Waals surface area (Å²) in [5, 5.41) is 0. The van der Waals surface area contributed by atoms with Gasteiger partial charge in [0.05, 0.1) is 24.9 Å². The van der Waals surface area contributed by atoms with E-state index in [-0.39, 0.29) is 11.7 Å². The van der Waals surface area contributed by atoms with Gasteiger partial charge < -0.3 is 13.9 Å². The van der Waals surface area contributed by atoms with Crippen LogP contribution in [0.1, 0.15) is 47.5 Å². The van der Waals surface area contributed by atoms with Crippen molar-refractivity contribution >= 4 is 10.5 Å². The first kappa shape index (κ1) is 16.2. The van der Waals surface area contributed by atoms with E-state index in [4.69, 9.17) is 13.9 Å². The van der Waals surface area contributed by atoms with Crippen molar-refractivity contribution in [1.29, 1.82) is 0 Å². The van der Waals surface area contributed by atoms with Crippen molar-refractivity contribution in [1.82, 2.24) is 0 Å². The zero-order valence-corrected chi connectivity index (χ0v) is 14.9. The van der Waals surface area contributed by atoms with Gasteiger partial charge in [-0.15, -0.1) is 0 Å². The van der Waals surface area contributed by atoms with Crippen molar-refractivity contribution in [3.63, 3.8) is 0 Å². The van der Waals surface area contributed by atoms with Crippen LogP contribution in [0.25, 0.3) is 0 Å². The van der Waals surface area contributed by atoms with Crippen LogP contribution in [-0.2, 0) is 13.9 Å². The van der Waals surface area contributed by atoms with Crippen LogP contribution in [0.3, 0.4) is 0 Å². The molecule has 0 bridgehead atoms. The van der Waals surface area contributed by atoms with E-state index >= 15 is 0 Å². The van der Waals surface area contributed by atoms with E-state index in [2.05, 4.69) is 34.6 Å².